The average molecular weight is 314 g/mol. The van der Waals surface area contributed by atoms with Crippen LogP contribution in [0.3, 0.4) is 0 Å². The van der Waals surface area contributed by atoms with Gasteiger partial charge in [-0.15, -0.1) is 0 Å². The number of carbonyl (C=O) groups is 2. The summed E-state index contributed by atoms with van der Waals surface area (Å²) in [5.74, 6) is -1.18. The second-order valence-electron chi connectivity index (χ2n) is 6.08. The third-order valence-electron chi connectivity index (χ3n) is 4.39. The number of aromatic amines is 1. The van der Waals surface area contributed by atoms with Gasteiger partial charge in [-0.2, -0.15) is 0 Å². The molecule has 1 aromatic heterocycles. The number of amides is 1. The molecule has 2 aromatic rings. The van der Waals surface area contributed by atoms with Crippen LogP contribution in [-0.4, -0.2) is 39.5 Å². The first kappa shape index (κ1) is 15.3. The predicted molar refractivity (Wildman–Crippen MR) is 85.4 cm³/mol. The van der Waals surface area contributed by atoms with Crippen molar-refractivity contribution in [3.63, 3.8) is 0 Å². The first-order valence-corrected chi connectivity index (χ1v) is 7.63. The molecule has 1 aliphatic rings. The van der Waals surface area contributed by atoms with E-state index in [9.17, 15) is 19.5 Å². The van der Waals surface area contributed by atoms with Crippen LogP contribution in [0.15, 0.2) is 35.1 Å². The number of aromatic nitrogens is 1. The number of aliphatic carboxylic acids is 1. The summed E-state index contributed by atoms with van der Waals surface area (Å²) >= 11 is 0. The van der Waals surface area contributed by atoms with Gasteiger partial charge in [-0.3, -0.25) is 9.59 Å². The Morgan fingerprint density at radius 2 is 2.04 bits per heavy atom. The van der Waals surface area contributed by atoms with Crippen molar-refractivity contribution in [2.75, 3.05) is 6.54 Å². The highest BCUT2D eigenvalue weighted by Gasteiger charge is 2.35. The first-order valence-electron chi connectivity index (χ1n) is 7.63. The van der Waals surface area contributed by atoms with Crippen LogP contribution in [0.25, 0.3) is 10.8 Å². The van der Waals surface area contributed by atoms with Gasteiger partial charge in [0.2, 0.25) is 0 Å². The number of hydrogen-bond donors (Lipinski definition) is 2. The van der Waals surface area contributed by atoms with Crippen molar-refractivity contribution < 1.29 is 14.7 Å². The van der Waals surface area contributed by atoms with Gasteiger partial charge in [0.1, 0.15) is 11.7 Å². The largest absolute Gasteiger partial charge is 0.480 e. The van der Waals surface area contributed by atoms with Gasteiger partial charge >= 0.3 is 5.97 Å². The van der Waals surface area contributed by atoms with E-state index in [1.54, 1.807) is 30.3 Å². The van der Waals surface area contributed by atoms with Gasteiger partial charge < -0.3 is 15.0 Å². The highest BCUT2D eigenvalue weighted by Crippen LogP contribution is 2.24. The number of pyridine rings is 1. The molecule has 2 unspecified atom stereocenters. The maximum absolute atomic E-state index is 12.7. The van der Waals surface area contributed by atoms with Gasteiger partial charge in [-0.25, -0.2) is 4.79 Å². The molecule has 3 rings (SSSR count). The molecule has 0 bridgehead atoms. The summed E-state index contributed by atoms with van der Waals surface area (Å²) in [7, 11) is 0. The number of nitrogens with zero attached hydrogens (tertiary/aromatic N) is 1. The SMILES string of the molecule is CC1CCN(C(=O)c2cc3ccccc3c(=O)[nH]2)C(C(=O)O)C1. The van der Waals surface area contributed by atoms with Crippen molar-refractivity contribution in [1.82, 2.24) is 9.88 Å². The van der Waals surface area contributed by atoms with Crippen LogP contribution in [0, 0.1) is 5.92 Å². The summed E-state index contributed by atoms with van der Waals surface area (Å²) in [4.78, 5) is 40.2. The molecule has 2 atom stereocenters. The van der Waals surface area contributed by atoms with Crippen molar-refractivity contribution in [3.8, 4) is 0 Å². The van der Waals surface area contributed by atoms with Crippen molar-refractivity contribution in [3.05, 3.63) is 46.4 Å². The topological polar surface area (TPSA) is 90.5 Å². The zero-order chi connectivity index (χ0) is 16.6. The maximum Gasteiger partial charge on any atom is 0.326 e. The van der Waals surface area contributed by atoms with Gasteiger partial charge in [0.25, 0.3) is 11.5 Å². The number of likely N-dealkylation sites (tertiary alicyclic amines) is 1. The summed E-state index contributed by atoms with van der Waals surface area (Å²) < 4.78 is 0. The van der Waals surface area contributed by atoms with E-state index in [1.807, 2.05) is 6.92 Å². The van der Waals surface area contributed by atoms with Crippen molar-refractivity contribution in [2.24, 2.45) is 5.92 Å². The lowest BCUT2D eigenvalue weighted by Crippen LogP contribution is -2.50. The van der Waals surface area contributed by atoms with E-state index in [-0.39, 0.29) is 17.2 Å². The summed E-state index contributed by atoms with van der Waals surface area (Å²) in [5, 5.41) is 10.6. The van der Waals surface area contributed by atoms with E-state index in [0.29, 0.717) is 23.7 Å². The molecule has 1 aliphatic heterocycles. The maximum atomic E-state index is 12.7. The number of rotatable bonds is 2. The van der Waals surface area contributed by atoms with E-state index in [4.69, 9.17) is 0 Å². The smallest absolute Gasteiger partial charge is 0.326 e. The number of piperidine rings is 1. The summed E-state index contributed by atoms with van der Waals surface area (Å²) in [6.07, 6.45) is 1.19. The molecular formula is C17H18N2O4. The molecule has 1 fully saturated rings. The Hall–Kier alpha value is -2.63. The van der Waals surface area contributed by atoms with Crippen LogP contribution < -0.4 is 5.56 Å². The van der Waals surface area contributed by atoms with Crippen LogP contribution in [0.2, 0.25) is 0 Å². The number of H-pyrrole nitrogens is 1. The van der Waals surface area contributed by atoms with Crippen molar-refractivity contribution >= 4 is 22.6 Å². The molecule has 1 aromatic carbocycles. The number of nitrogens with one attached hydrogen (secondary N) is 1. The van der Waals surface area contributed by atoms with E-state index in [2.05, 4.69) is 4.98 Å². The first-order chi connectivity index (χ1) is 11.0. The molecule has 2 N–H and O–H groups in total. The molecule has 6 nitrogen and oxygen atoms in total. The van der Waals surface area contributed by atoms with Gasteiger partial charge in [0.15, 0.2) is 0 Å². The molecule has 2 heterocycles. The quantitative estimate of drug-likeness (QED) is 0.885. The van der Waals surface area contributed by atoms with Gasteiger partial charge in [0.05, 0.1) is 0 Å². The summed E-state index contributed by atoms with van der Waals surface area (Å²) in [6, 6.07) is 7.75. The Kier molecular flexibility index (Phi) is 3.90. The van der Waals surface area contributed by atoms with Gasteiger partial charge in [0, 0.05) is 11.9 Å². The predicted octanol–water partition coefficient (Wildman–Crippen LogP) is 1.85. The minimum atomic E-state index is -1.01. The molecule has 1 amide bonds. The molecule has 6 heteroatoms. The van der Waals surface area contributed by atoms with Crippen molar-refractivity contribution in [2.45, 2.75) is 25.8 Å². The molecule has 0 radical (unpaired) electrons. The second-order valence-corrected chi connectivity index (χ2v) is 6.08. The molecule has 1 saturated heterocycles. The normalized spacial score (nSPS) is 21.3. The summed E-state index contributed by atoms with van der Waals surface area (Å²) in [6.45, 7) is 2.36. The molecular weight excluding hydrogens is 296 g/mol. The van der Waals surface area contributed by atoms with E-state index < -0.39 is 17.9 Å². The highest BCUT2D eigenvalue weighted by molar-refractivity contribution is 5.98. The second kappa shape index (κ2) is 5.87. The zero-order valence-electron chi connectivity index (χ0n) is 12.8. The lowest BCUT2D eigenvalue weighted by molar-refractivity contribution is -0.144. The van der Waals surface area contributed by atoms with Crippen molar-refractivity contribution in [1.29, 1.82) is 0 Å². The third-order valence-corrected chi connectivity index (χ3v) is 4.39. The summed E-state index contributed by atoms with van der Waals surface area (Å²) in [5.41, 5.74) is -0.210. The number of hydrogen-bond acceptors (Lipinski definition) is 3. The Morgan fingerprint density at radius 3 is 2.78 bits per heavy atom. The van der Waals surface area contributed by atoms with E-state index >= 15 is 0 Å². The minimum Gasteiger partial charge on any atom is -0.480 e. The lowest BCUT2D eigenvalue weighted by Gasteiger charge is -2.35. The Labute approximate surface area is 132 Å². The molecule has 0 saturated carbocycles. The third kappa shape index (κ3) is 2.84. The van der Waals surface area contributed by atoms with E-state index in [1.165, 1.54) is 4.90 Å². The standard InChI is InChI=1S/C17H18N2O4/c1-10-6-7-19(14(8-10)17(22)23)16(21)13-9-11-4-2-3-5-12(11)15(20)18-13/h2-5,9-10,14H,6-8H2,1H3,(H,18,20)(H,22,23). The van der Waals surface area contributed by atoms with Crippen LogP contribution in [0.5, 0.6) is 0 Å². The fraction of sp³-hybridized carbons (Fsp3) is 0.353. The number of carboxylic acid groups (broad SMARTS) is 1. The van der Waals surface area contributed by atoms with Crippen LogP contribution in [0.4, 0.5) is 0 Å². The van der Waals surface area contributed by atoms with Crippen LogP contribution in [0.1, 0.15) is 30.3 Å². The molecule has 0 spiro atoms. The number of carboxylic acids is 1. The number of benzene rings is 1. The number of carbonyl (C=O) groups excluding carboxylic acids is 1. The van der Waals surface area contributed by atoms with Crippen LogP contribution >= 0.6 is 0 Å². The molecule has 120 valence electrons. The Balaban J connectivity index is 1.99. The Morgan fingerprint density at radius 1 is 1.30 bits per heavy atom. The Bertz CT molecular complexity index is 827. The fourth-order valence-corrected chi connectivity index (χ4v) is 3.10. The van der Waals surface area contributed by atoms with Gasteiger partial charge in [-0.1, -0.05) is 25.1 Å². The lowest BCUT2D eigenvalue weighted by atomic mass is 9.92. The van der Waals surface area contributed by atoms with Gasteiger partial charge in [-0.05, 0) is 36.3 Å². The van der Waals surface area contributed by atoms with Crippen LogP contribution in [-0.2, 0) is 4.79 Å². The van der Waals surface area contributed by atoms with E-state index in [0.717, 1.165) is 6.42 Å². The number of fused-ring (bicyclic) bond motifs is 1. The average Bonchev–Trinajstić information content (AvgIpc) is 2.54. The highest BCUT2D eigenvalue weighted by atomic mass is 16.4. The fourth-order valence-electron chi connectivity index (χ4n) is 3.10. The minimum absolute atomic E-state index is 0.134. The molecule has 23 heavy (non-hydrogen) atoms. The molecule has 0 aliphatic carbocycles. The monoisotopic (exact) mass is 314 g/mol. The zero-order valence-corrected chi connectivity index (χ0v) is 12.8.